The fourth-order valence-electron chi connectivity index (χ4n) is 2.60. The third-order valence-corrected chi connectivity index (χ3v) is 3.73. The van der Waals surface area contributed by atoms with Crippen LogP contribution >= 0.6 is 0 Å². The van der Waals surface area contributed by atoms with Gasteiger partial charge in [-0.2, -0.15) is 0 Å². The van der Waals surface area contributed by atoms with Gasteiger partial charge in [-0.05, 0) is 40.1 Å². The van der Waals surface area contributed by atoms with Crippen molar-refractivity contribution >= 4 is 17.0 Å². The monoisotopic (exact) mass is 278 g/mol. The predicted octanol–water partition coefficient (Wildman–Crippen LogP) is 1.81. The first-order valence-electron chi connectivity index (χ1n) is 6.95. The molecular formula is C15H14N6. The number of nitrogens with zero attached hydrogens (tertiary/aromatic N) is 6. The van der Waals surface area contributed by atoms with E-state index in [1.54, 1.807) is 0 Å². The smallest absolute Gasteiger partial charge is 0.200 e. The zero-order valence-corrected chi connectivity index (χ0v) is 11.4. The van der Waals surface area contributed by atoms with E-state index < -0.39 is 0 Å². The summed E-state index contributed by atoms with van der Waals surface area (Å²) in [4.78, 5) is 2.23. The van der Waals surface area contributed by atoms with Gasteiger partial charge in [-0.25, -0.2) is 0 Å². The third kappa shape index (κ3) is 2.24. The molecule has 0 aliphatic carbocycles. The molecule has 21 heavy (non-hydrogen) atoms. The largest absolute Gasteiger partial charge is 0.351 e. The number of tetrazole rings is 1. The lowest BCUT2D eigenvalue weighted by molar-refractivity contribution is 0.711. The van der Waals surface area contributed by atoms with E-state index in [1.807, 2.05) is 18.2 Å². The maximum Gasteiger partial charge on any atom is 0.200 e. The summed E-state index contributed by atoms with van der Waals surface area (Å²) in [5.41, 5.74) is 3.37. The number of benzene rings is 1. The fraction of sp³-hybridized carbons (Fsp3) is 0.200. The van der Waals surface area contributed by atoms with Crippen molar-refractivity contribution < 1.29 is 0 Å². The Balaban J connectivity index is 1.57. The Labute approximate surface area is 121 Å². The predicted molar refractivity (Wildman–Crippen MR) is 79.8 cm³/mol. The van der Waals surface area contributed by atoms with Crippen molar-refractivity contribution in [3.8, 4) is 0 Å². The summed E-state index contributed by atoms with van der Waals surface area (Å²) in [5.74, 6) is 0.901. The van der Waals surface area contributed by atoms with Crippen LogP contribution in [0.25, 0.3) is 11.2 Å². The van der Waals surface area contributed by atoms with E-state index in [0.29, 0.717) is 5.65 Å². The second-order valence-electron chi connectivity index (χ2n) is 5.01. The molecule has 0 spiro atoms. The molecule has 1 aliphatic rings. The minimum Gasteiger partial charge on any atom is -0.351 e. The Hall–Kier alpha value is -2.76. The zero-order chi connectivity index (χ0) is 14.1. The van der Waals surface area contributed by atoms with Crippen molar-refractivity contribution in [2.45, 2.75) is 6.42 Å². The van der Waals surface area contributed by atoms with Crippen LogP contribution in [0.15, 0.2) is 48.5 Å². The van der Waals surface area contributed by atoms with Crippen molar-refractivity contribution in [2.75, 3.05) is 18.0 Å². The van der Waals surface area contributed by atoms with E-state index in [4.69, 9.17) is 0 Å². The van der Waals surface area contributed by atoms with E-state index in [0.717, 1.165) is 25.3 Å². The van der Waals surface area contributed by atoms with Gasteiger partial charge in [0.05, 0.1) is 0 Å². The van der Waals surface area contributed by atoms with E-state index in [2.05, 4.69) is 55.9 Å². The molecule has 0 unspecified atom stereocenters. The van der Waals surface area contributed by atoms with Gasteiger partial charge in [-0.15, -0.1) is 14.8 Å². The summed E-state index contributed by atoms with van der Waals surface area (Å²) in [6.07, 6.45) is 3.28. The molecular weight excluding hydrogens is 264 g/mol. The Morgan fingerprint density at radius 1 is 1.00 bits per heavy atom. The Bertz CT molecular complexity index is 792. The first-order valence-corrected chi connectivity index (χ1v) is 6.95. The van der Waals surface area contributed by atoms with Crippen molar-refractivity contribution in [3.63, 3.8) is 0 Å². The van der Waals surface area contributed by atoms with Crippen LogP contribution in [0.2, 0.25) is 0 Å². The van der Waals surface area contributed by atoms with Gasteiger partial charge in [0, 0.05) is 13.1 Å². The molecule has 1 aromatic carbocycles. The highest BCUT2D eigenvalue weighted by Crippen LogP contribution is 2.24. The molecule has 0 fully saturated rings. The van der Waals surface area contributed by atoms with Gasteiger partial charge in [0.25, 0.3) is 0 Å². The molecule has 6 nitrogen and oxygen atoms in total. The summed E-state index contributed by atoms with van der Waals surface area (Å²) >= 11 is 0. The first-order chi connectivity index (χ1) is 10.4. The van der Waals surface area contributed by atoms with Crippen LogP contribution in [0.3, 0.4) is 0 Å². The van der Waals surface area contributed by atoms with Gasteiger partial charge in [0.2, 0.25) is 0 Å². The number of hydrogen-bond donors (Lipinski definition) is 0. The summed E-state index contributed by atoms with van der Waals surface area (Å²) in [6, 6.07) is 14.4. The number of hydrogen-bond acceptors (Lipinski definition) is 5. The van der Waals surface area contributed by atoms with Crippen LogP contribution in [-0.2, 0) is 0 Å². The van der Waals surface area contributed by atoms with E-state index >= 15 is 0 Å². The first kappa shape index (κ1) is 12.0. The average molecular weight is 278 g/mol. The maximum atomic E-state index is 4.43. The molecule has 1 aliphatic heterocycles. The lowest BCUT2D eigenvalue weighted by Crippen LogP contribution is -2.29. The summed E-state index contributed by atoms with van der Waals surface area (Å²) in [6.45, 7) is 1.80. The van der Waals surface area contributed by atoms with Gasteiger partial charge in [-0.3, -0.25) is 0 Å². The average Bonchev–Trinajstić information content (AvgIpc) is 3.03. The molecule has 3 aromatic rings. The molecule has 3 heterocycles. The topological polar surface area (TPSA) is 59.2 Å². The highest BCUT2D eigenvalue weighted by atomic mass is 15.6. The van der Waals surface area contributed by atoms with Crippen LogP contribution in [0.5, 0.6) is 0 Å². The number of anilines is 1. The van der Waals surface area contributed by atoms with Crippen molar-refractivity contribution in [1.82, 2.24) is 25.3 Å². The van der Waals surface area contributed by atoms with E-state index in [-0.39, 0.29) is 0 Å². The van der Waals surface area contributed by atoms with E-state index in [1.165, 1.54) is 15.8 Å². The Kier molecular flexibility index (Phi) is 2.85. The molecule has 0 radical (unpaired) electrons. The molecule has 0 atom stereocenters. The second kappa shape index (κ2) is 4.97. The summed E-state index contributed by atoms with van der Waals surface area (Å²) in [5, 5.41) is 15.7. The minimum atomic E-state index is 0.663. The molecule has 2 aromatic heterocycles. The second-order valence-corrected chi connectivity index (χ2v) is 5.01. The Morgan fingerprint density at radius 3 is 2.71 bits per heavy atom. The molecule has 0 amide bonds. The molecule has 0 N–H and O–H groups in total. The number of aromatic nitrogens is 5. The van der Waals surface area contributed by atoms with Gasteiger partial charge in [0.1, 0.15) is 0 Å². The lowest BCUT2D eigenvalue weighted by atomic mass is 10.00. The van der Waals surface area contributed by atoms with E-state index in [9.17, 15) is 0 Å². The van der Waals surface area contributed by atoms with Gasteiger partial charge >= 0.3 is 0 Å². The summed E-state index contributed by atoms with van der Waals surface area (Å²) < 4.78 is 1.46. The molecule has 6 heteroatoms. The molecule has 104 valence electrons. The third-order valence-electron chi connectivity index (χ3n) is 3.73. The molecule has 4 rings (SSSR count). The number of rotatable bonds is 2. The van der Waals surface area contributed by atoms with Gasteiger partial charge in [-0.1, -0.05) is 36.4 Å². The zero-order valence-electron chi connectivity index (χ0n) is 11.4. The fourth-order valence-corrected chi connectivity index (χ4v) is 2.60. The van der Waals surface area contributed by atoms with Crippen molar-refractivity contribution in [3.05, 3.63) is 54.1 Å². The van der Waals surface area contributed by atoms with Crippen molar-refractivity contribution in [2.24, 2.45) is 0 Å². The van der Waals surface area contributed by atoms with Gasteiger partial charge < -0.3 is 4.90 Å². The Morgan fingerprint density at radius 2 is 1.90 bits per heavy atom. The highest BCUT2D eigenvalue weighted by Gasteiger charge is 2.15. The standard InChI is InChI=1S/C15H14N6/c1-2-4-12(5-3-1)13-8-10-20(11-9-13)15-7-6-14-16-18-19-21(14)17-15/h1-8H,9-11H2. The summed E-state index contributed by atoms with van der Waals surface area (Å²) in [7, 11) is 0. The molecule has 0 saturated heterocycles. The SMILES string of the molecule is C1=C(c2ccccc2)CCN(c2ccc3nnnn3n2)C1. The maximum absolute atomic E-state index is 4.43. The van der Waals surface area contributed by atoms with Gasteiger partial charge in [0.15, 0.2) is 11.5 Å². The van der Waals surface area contributed by atoms with Crippen LogP contribution < -0.4 is 4.90 Å². The number of fused-ring (bicyclic) bond motifs is 1. The van der Waals surface area contributed by atoms with Crippen LogP contribution in [-0.4, -0.2) is 38.3 Å². The highest BCUT2D eigenvalue weighted by molar-refractivity contribution is 5.68. The quantitative estimate of drug-likeness (QED) is 0.715. The minimum absolute atomic E-state index is 0.663. The van der Waals surface area contributed by atoms with Crippen LogP contribution in [0.1, 0.15) is 12.0 Å². The molecule has 0 bridgehead atoms. The van der Waals surface area contributed by atoms with Crippen LogP contribution in [0, 0.1) is 0 Å². The van der Waals surface area contributed by atoms with Crippen molar-refractivity contribution in [1.29, 1.82) is 0 Å². The lowest BCUT2D eigenvalue weighted by Gasteiger charge is -2.27. The normalized spacial score (nSPS) is 15.2. The molecule has 0 saturated carbocycles. The van der Waals surface area contributed by atoms with Crippen LogP contribution in [0.4, 0.5) is 5.82 Å².